The van der Waals surface area contributed by atoms with Crippen LogP contribution in [0.25, 0.3) is 0 Å². The normalized spacial score (nSPS) is 10.0. The maximum absolute atomic E-state index is 11.9. The Balaban J connectivity index is 2.08. The van der Waals surface area contributed by atoms with Crippen molar-refractivity contribution in [2.75, 3.05) is 5.32 Å². The number of H-pyrrole nitrogens is 1. The van der Waals surface area contributed by atoms with Crippen molar-refractivity contribution >= 4 is 17.5 Å². The molecule has 4 N–H and O–H groups in total. The molecule has 0 fully saturated rings. The Labute approximate surface area is 114 Å². The van der Waals surface area contributed by atoms with E-state index in [0.717, 1.165) is 5.56 Å². The lowest BCUT2D eigenvalue weighted by atomic mass is 10.1. The second-order valence-electron chi connectivity index (χ2n) is 4.22. The lowest BCUT2D eigenvalue weighted by molar-refractivity contribution is -0.117. The number of primary amides is 1. The number of anilines is 1. The first-order valence-electron chi connectivity index (χ1n) is 5.92. The second-order valence-corrected chi connectivity index (χ2v) is 4.22. The van der Waals surface area contributed by atoms with E-state index in [1.54, 1.807) is 24.3 Å². The van der Waals surface area contributed by atoms with E-state index in [1.807, 2.05) is 0 Å². The van der Waals surface area contributed by atoms with E-state index in [1.165, 1.54) is 18.2 Å². The molecule has 20 heavy (non-hydrogen) atoms. The number of hydrogen-bond donors (Lipinski definition) is 3. The monoisotopic (exact) mass is 271 g/mol. The summed E-state index contributed by atoms with van der Waals surface area (Å²) in [5.41, 5.74) is 6.26. The molecular weight excluding hydrogens is 258 g/mol. The van der Waals surface area contributed by atoms with Crippen LogP contribution < -0.4 is 16.6 Å². The fourth-order valence-corrected chi connectivity index (χ4v) is 1.69. The molecule has 1 aromatic heterocycles. The maximum atomic E-state index is 11.9. The minimum absolute atomic E-state index is 0.153. The third-order valence-electron chi connectivity index (χ3n) is 2.60. The van der Waals surface area contributed by atoms with Gasteiger partial charge in [0.25, 0.3) is 5.91 Å². The number of carbonyl (C=O) groups excluding carboxylic acids is 2. The Kier molecular flexibility index (Phi) is 3.95. The average Bonchev–Trinajstić information content (AvgIpc) is 2.40. The first-order valence-corrected chi connectivity index (χ1v) is 5.92. The third kappa shape index (κ3) is 3.55. The first-order chi connectivity index (χ1) is 9.54. The number of aromatic nitrogens is 1. The van der Waals surface area contributed by atoms with Crippen molar-refractivity contribution < 1.29 is 9.59 Å². The number of pyridine rings is 1. The predicted molar refractivity (Wildman–Crippen MR) is 74.4 cm³/mol. The van der Waals surface area contributed by atoms with Gasteiger partial charge in [-0.05, 0) is 23.8 Å². The van der Waals surface area contributed by atoms with Gasteiger partial charge in [-0.1, -0.05) is 18.2 Å². The summed E-state index contributed by atoms with van der Waals surface area (Å²) in [4.78, 5) is 36.2. The Morgan fingerprint density at radius 1 is 1.10 bits per heavy atom. The third-order valence-corrected chi connectivity index (χ3v) is 2.60. The van der Waals surface area contributed by atoms with Gasteiger partial charge in [-0.3, -0.25) is 14.4 Å². The number of rotatable bonds is 4. The molecule has 0 radical (unpaired) electrons. The highest BCUT2D eigenvalue weighted by Crippen LogP contribution is 2.11. The Morgan fingerprint density at radius 3 is 2.40 bits per heavy atom. The molecule has 2 amide bonds. The fourth-order valence-electron chi connectivity index (χ4n) is 1.69. The number of benzene rings is 1. The smallest absolute Gasteiger partial charge is 0.272 e. The van der Waals surface area contributed by atoms with E-state index < -0.39 is 11.8 Å². The zero-order valence-electron chi connectivity index (χ0n) is 10.6. The molecule has 0 saturated carbocycles. The van der Waals surface area contributed by atoms with Crippen LogP contribution in [0, 0.1) is 0 Å². The molecule has 6 heteroatoms. The van der Waals surface area contributed by atoms with E-state index in [9.17, 15) is 14.4 Å². The molecule has 0 spiro atoms. The maximum Gasteiger partial charge on any atom is 0.272 e. The topological polar surface area (TPSA) is 105 Å². The zero-order chi connectivity index (χ0) is 14.5. The molecule has 0 atom stereocenters. The van der Waals surface area contributed by atoms with Crippen LogP contribution in [0.4, 0.5) is 5.69 Å². The summed E-state index contributed by atoms with van der Waals surface area (Å²) in [6, 6.07) is 11.1. The van der Waals surface area contributed by atoms with Gasteiger partial charge in [0.05, 0.1) is 6.42 Å². The van der Waals surface area contributed by atoms with Gasteiger partial charge in [0.2, 0.25) is 11.5 Å². The summed E-state index contributed by atoms with van der Waals surface area (Å²) in [6.07, 6.45) is 0.153. The van der Waals surface area contributed by atoms with Crippen LogP contribution in [-0.2, 0) is 11.2 Å². The lowest BCUT2D eigenvalue weighted by Crippen LogP contribution is -2.18. The molecule has 0 unspecified atom stereocenters. The van der Waals surface area contributed by atoms with E-state index in [4.69, 9.17) is 5.73 Å². The Morgan fingerprint density at radius 2 is 1.80 bits per heavy atom. The predicted octanol–water partition coefficient (Wildman–Crippen LogP) is 0.655. The largest absolute Gasteiger partial charge is 0.369 e. The highest BCUT2D eigenvalue weighted by molar-refractivity contribution is 6.02. The van der Waals surface area contributed by atoms with Gasteiger partial charge in [0.15, 0.2) is 0 Å². The summed E-state index contributed by atoms with van der Waals surface area (Å²) in [5.74, 6) is -0.825. The van der Waals surface area contributed by atoms with Crippen LogP contribution >= 0.6 is 0 Å². The van der Waals surface area contributed by atoms with Crippen molar-refractivity contribution in [3.05, 3.63) is 64.1 Å². The quantitative estimate of drug-likeness (QED) is 0.760. The molecule has 0 bridgehead atoms. The van der Waals surface area contributed by atoms with E-state index in [0.29, 0.717) is 5.69 Å². The molecule has 0 aliphatic heterocycles. The van der Waals surface area contributed by atoms with Crippen LogP contribution in [0.1, 0.15) is 16.1 Å². The Hall–Kier alpha value is -2.89. The molecule has 6 nitrogen and oxygen atoms in total. The van der Waals surface area contributed by atoms with Gasteiger partial charge in [0, 0.05) is 11.8 Å². The van der Waals surface area contributed by atoms with Crippen LogP contribution in [0.15, 0.2) is 47.3 Å². The molecule has 0 aliphatic carbocycles. The highest BCUT2D eigenvalue weighted by atomic mass is 16.2. The molecule has 0 aliphatic rings. The summed E-state index contributed by atoms with van der Waals surface area (Å²) in [5, 5.41) is 2.64. The number of hydrogen-bond acceptors (Lipinski definition) is 3. The van der Waals surface area contributed by atoms with Crippen molar-refractivity contribution in [3.8, 4) is 0 Å². The van der Waals surface area contributed by atoms with E-state index in [2.05, 4.69) is 10.3 Å². The summed E-state index contributed by atoms with van der Waals surface area (Å²) in [6.45, 7) is 0. The second kappa shape index (κ2) is 5.83. The minimum atomic E-state index is -0.413. The van der Waals surface area contributed by atoms with Crippen LogP contribution in [0.5, 0.6) is 0 Å². The van der Waals surface area contributed by atoms with Gasteiger partial charge >= 0.3 is 0 Å². The van der Waals surface area contributed by atoms with Gasteiger partial charge in [-0.25, -0.2) is 0 Å². The standard InChI is InChI=1S/C14H13N3O3/c15-12(18)8-9-4-6-10(7-5-9)16-14(20)11-2-1-3-13(19)17-11/h1-7H,8H2,(H2,15,18)(H,16,20)(H,17,19). The molecule has 1 aromatic carbocycles. The van der Waals surface area contributed by atoms with Crippen molar-refractivity contribution in [1.29, 1.82) is 0 Å². The van der Waals surface area contributed by atoms with Crippen LogP contribution in [-0.4, -0.2) is 16.8 Å². The summed E-state index contributed by atoms with van der Waals surface area (Å²) in [7, 11) is 0. The van der Waals surface area contributed by atoms with Gasteiger partial charge in [0.1, 0.15) is 5.69 Å². The molecular formula is C14H13N3O3. The molecule has 2 aromatic rings. The number of nitrogens with two attached hydrogens (primary N) is 1. The van der Waals surface area contributed by atoms with Gasteiger partial charge in [-0.15, -0.1) is 0 Å². The fraction of sp³-hybridized carbons (Fsp3) is 0.0714. The van der Waals surface area contributed by atoms with Gasteiger partial charge in [-0.2, -0.15) is 0 Å². The number of aromatic amines is 1. The lowest BCUT2D eigenvalue weighted by Gasteiger charge is -2.05. The molecule has 1 heterocycles. The minimum Gasteiger partial charge on any atom is -0.369 e. The van der Waals surface area contributed by atoms with Crippen molar-refractivity contribution in [1.82, 2.24) is 4.98 Å². The van der Waals surface area contributed by atoms with Crippen molar-refractivity contribution in [2.24, 2.45) is 5.73 Å². The Bertz CT molecular complexity index is 689. The van der Waals surface area contributed by atoms with Gasteiger partial charge < -0.3 is 16.0 Å². The average molecular weight is 271 g/mol. The van der Waals surface area contributed by atoms with E-state index in [-0.39, 0.29) is 17.7 Å². The van der Waals surface area contributed by atoms with Crippen LogP contribution in [0.2, 0.25) is 0 Å². The number of amides is 2. The summed E-state index contributed by atoms with van der Waals surface area (Å²) >= 11 is 0. The van der Waals surface area contributed by atoms with Crippen LogP contribution in [0.3, 0.4) is 0 Å². The van der Waals surface area contributed by atoms with Crippen molar-refractivity contribution in [3.63, 3.8) is 0 Å². The van der Waals surface area contributed by atoms with E-state index >= 15 is 0 Å². The zero-order valence-corrected chi connectivity index (χ0v) is 10.6. The first kappa shape index (κ1) is 13.5. The number of carbonyl (C=O) groups is 2. The highest BCUT2D eigenvalue weighted by Gasteiger charge is 2.06. The molecule has 0 saturated heterocycles. The SMILES string of the molecule is NC(=O)Cc1ccc(NC(=O)c2cccc(=O)[nH]2)cc1. The molecule has 2 rings (SSSR count). The number of nitrogens with one attached hydrogen (secondary N) is 2. The van der Waals surface area contributed by atoms with Crippen molar-refractivity contribution in [2.45, 2.75) is 6.42 Å². The summed E-state index contributed by atoms with van der Waals surface area (Å²) < 4.78 is 0. The molecule has 102 valence electrons.